The van der Waals surface area contributed by atoms with Gasteiger partial charge in [-0.15, -0.1) is 0 Å². The highest BCUT2D eigenvalue weighted by Gasteiger charge is 2.48. The van der Waals surface area contributed by atoms with Gasteiger partial charge in [0.25, 0.3) is 0 Å². The van der Waals surface area contributed by atoms with Crippen molar-refractivity contribution in [3.8, 4) is 17.6 Å². The molecule has 2 aliphatic heterocycles. The molecule has 0 bridgehead atoms. The molecule has 23 nitrogen and oxygen atoms in total. The number of hydrogen-bond donors (Lipinski definition) is 10. The molecule has 10 N–H and O–H groups in total. The van der Waals surface area contributed by atoms with E-state index in [1.54, 1.807) is 43.3 Å². The topological polar surface area (TPSA) is 332 Å². The Kier molecular flexibility index (Phi) is 23.6. The number of carboxylic acids is 2. The second kappa shape index (κ2) is 30.3. The van der Waals surface area contributed by atoms with E-state index in [1.807, 2.05) is 97.0 Å². The zero-order chi connectivity index (χ0) is 64.8. The molecule has 8 atom stereocenters. The van der Waals surface area contributed by atoms with Gasteiger partial charge in [0.15, 0.2) is 6.10 Å². The van der Waals surface area contributed by atoms with Gasteiger partial charge in [-0.3, -0.25) is 29.3 Å². The second-order valence-corrected chi connectivity index (χ2v) is 23.8. The van der Waals surface area contributed by atoms with Crippen LogP contribution in [0.25, 0.3) is 0 Å². The average Bonchev–Trinajstić information content (AvgIpc) is 2.61. The highest BCUT2D eigenvalue weighted by Crippen LogP contribution is 2.34. The Morgan fingerprint density at radius 3 is 2.12 bits per heavy atom. The minimum atomic E-state index is -2.01. The van der Waals surface area contributed by atoms with Crippen molar-refractivity contribution in [2.24, 2.45) is 11.3 Å². The van der Waals surface area contributed by atoms with E-state index in [4.69, 9.17) is 14.2 Å². The standard InChI is InChI=1S/C65H81N7O16/c1-37(2)47(32-38(3)60(81)82)71(10)59(80)57(64(4,5)6)70-58(79)56(66-9)65(7,8)43-21-17-22-44(34-43)68-63(85)86-36-39-26-29-48(87-62-54(78)52(76)53(77)55(88-62)61(83)84)45(33-39)69-50(74)30-31-67-49(73)24-15-16-25-51(75)72-35-42-20-12-11-18-40(42)27-28-41-19-13-14-23-46(41)72/h11-14,17-23,26,29,32-34,37,47,52-57,62,66,76-78H,15-16,24-25,30-31,35-36H2,1-10H3,(H,67,73)(H,68,85)(H,69,74)(H,70,79)(H,81,82)(H,83,84)/b38-32+/t47-,52?,53?,54?,55?,56+,57-,62?/m1/s1. The van der Waals surface area contributed by atoms with E-state index in [0.29, 0.717) is 41.9 Å². The van der Waals surface area contributed by atoms with Crippen LogP contribution < -0.4 is 36.2 Å². The third-order valence-electron chi connectivity index (χ3n) is 15.4. The summed E-state index contributed by atoms with van der Waals surface area (Å²) < 4.78 is 16.7. The lowest BCUT2D eigenvalue weighted by Crippen LogP contribution is -2.61. The van der Waals surface area contributed by atoms with Crippen LogP contribution in [-0.2, 0) is 61.6 Å². The van der Waals surface area contributed by atoms with E-state index in [0.717, 1.165) is 16.7 Å². The van der Waals surface area contributed by atoms with Gasteiger partial charge < -0.3 is 70.8 Å². The molecular formula is C65H81N7O16. The Hall–Kier alpha value is -8.66. The molecule has 88 heavy (non-hydrogen) atoms. The van der Waals surface area contributed by atoms with Gasteiger partial charge in [0.1, 0.15) is 36.7 Å². The molecule has 2 aliphatic rings. The Balaban J connectivity index is 1.08. The van der Waals surface area contributed by atoms with E-state index in [9.17, 15) is 63.9 Å². The number of para-hydroxylation sites is 1. The molecule has 6 rings (SSSR count). The van der Waals surface area contributed by atoms with E-state index in [-0.39, 0.29) is 67.2 Å². The summed E-state index contributed by atoms with van der Waals surface area (Å²) in [4.78, 5) is 109. The quantitative estimate of drug-likeness (QED) is 0.0220. The van der Waals surface area contributed by atoms with Crippen molar-refractivity contribution in [1.29, 1.82) is 0 Å². The molecule has 1 saturated heterocycles. The first-order valence-corrected chi connectivity index (χ1v) is 29.0. The number of aliphatic carboxylic acids is 2. The molecule has 23 heteroatoms. The van der Waals surface area contributed by atoms with Crippen molar-refractivity contribution >= 4 is 64.6 Å². The molecule has 4 aromatic carbocycles. The number of carbonyl (C=O) groups excluding carboxylic acids is 6. The number of aliphatic hydroxyl groups excluding tert-OH is 3. The summed E-state index contributed by atoms with van der Waals surface area (Å²) in [5.41, 5.74) is 2.66. The van der Waals surface area contributed by atoms with Gasteiger partial charge in [-0.2, -0.15) is 0 Å². The summed E-state index contributed by atoms with van der Waals surface area (Å²) in [6, 6.07) is 23.4. The van der Waals surface area contributed by atoms with Crippen molar-refractivity contribution < 1.29 is 78.1 Å². The van der Waals surface area contributed by atoms with E-state index >= 15 is 0 Å². The van der Waals surface area contributed by atoms with Gasteiger partial charge in [0.2, 0.25) is 35.8 Å². The average molecular weight is 1220 g/mol. The first kappa shape index (κ1) is 68.5. The van der Waals surface area contributed by atoms with Crippen LogP contribution >= 0.6 is 0 Å². The summed E-state index contributed by atoms with van der Waals surface area (Å²) >= 11 is 0. The molecule has 0 aromatic heterocycles. The lowest BCUT2D eigenvalue weighted by Gasteiger charge is -2.40. The van der Waals surface area contributed by atoms with E-state index < -0.39 is 95.4 Å². The third-order valence-corrected chi connectivity index (χ3v) is 15.4. The fourth-order valence-electron chi connectivity index (χ4n) is 10.3. The summed E-state index contributed by atoms with van der Waals surface area (Å²) in [5.74, 6) is 1.27. The number of carbonyl (C=O) groups is 8. The van der Waals surface area contributed by atoms with Crippen molar-refractivity contribution in [3.05, 3.63) is 130 Å². The number of amides is 6. The Bertz CT molecular complexity index is 3310. The number of nitrogens with zero attached hydrogens (tertiary/aromatic N) is 2. The number of unbranched alkanes of at least 4 members (excludes halogenated alkanes) is 1. The lowest BCUT2D eigenvalue weighted by atomic mass is 9.76. The number of ether oxygens (including phenoxy) is 3. The zero-order valence-corrected chi connectivity index (χ0v) is 51.2. The largest absolute Gasteiger partial charge is 0.479 e. The Labute approximate surface area is 512 Å². The maximum atomic E-state index is 14.3. The minimum Gasteiger partial charge on any atom is -0.479 e. The molecule has 5 unspecified atom stereocenters. The molecule has 0 aliphatic carbocycles. The second-order valence-electron chi connectivity index (χ2n) is 23.8. The van der Waals surface area contributed by atoms with Gasteiger partial charge in [0, 0.05) is 60.7 Å². The highest BCUT2D eigenvalue weighted by atomic mass is 16.7. The van der Waals surface area contributed by atoms with Crippen LogP contribution in [0.3, 0.4) is 0 Å². The summed E-state index contributed by atoms with van der Waals surface area (Å²) in [6.07, 6.45) is -8.38. The van der Waals surface area contributed by atoms with Gasteiger partial charge in [-0.1, -0.05) is 115 Å². The normalized spacial score (nSPS) is 18.5. The van der Waals surface area contributed by atoms with Crippen molar-refractivity contribution in [3.63, 3.8) is 0 Å². The van der Waals surface area contributed by atoms with Crippen molar-refractivity contribution in [1.82, 2.24) is 20.9 Å². The fourth-order valence-corrected chi connectivity index (χ4v) is 10.3. The predicted molar refractivity (Wildman–Crippen MR) is 326 cm³/mol. The number of carboxylic acid groups (broad SMARTS) is 2. The Morgan fingerprint density at radius 2 is 1.45 bits per heavy atom. The van der Waals surface area contributed by atoms with Crippen LogP contribution in [0.1, 0.15) is 115 Å². The van der Waals surface area contributed by atoms with Crippen molar-refractivity contribution in [2.45, 2.75) is 155 Å². The van der Waals surface area contributed by atoms with Crippen LogP contribution in [0.15, 0.2) is 103 Å². The van der Waals surface area contributed by atoms with Crippen LogP contribution in [0.2, 0.25) is 0 Å². The van der Waals surface area contributed by atoms with Crippen LogP contribution in [-0.4, -0.2) is 147 Å². The number of fused-ring (bicyclic) bond motifs is 2. The monoisotopic (exact) mass is 1220 g/mol. The SMILES string of the molecule is CN[C@@H](C(=O)N[C@H](C(=O)N(C)[C@H](/C=C(\C)C(=O)O)C(C)C)C(C)(C)C)C(C)(C)c1cccc(NC(=O)OCc2ccc(OC3OC(C(=O)O)C(O)C(O)C3O)c(NC(=O)CCNC(=O)CCCCC(=O)N3Cc4ccccc4C#Cc4ccccc43)c2)c1. The van der Waals surface area contributed by atoms with E-state index in [2.05, 4.69) is 38.4 Å². The number of anilines is 3. The minimum absolute atomic E-state index is 0.0741. The summed E-state index contributed by atoms with van der Waals surface area (Å²) in [7, 11) is 3.19. The molecule has 0 spiro atoms. The number of nitrogens with one attached hydrogen (secondary N) is 5. The first-order chi connectivity index (χ1) is 41.5. The Morgan fingerprint density at radius 1 is 0.784 bits per heavy atom. The maximum Gasteiger partial charge on any atom is 0.411 e. The first-order valence-electron chi connectivity index (χ1n) is 29.0. The number of benzene rings is 4. The molecule has 472 valence electrons. The van der Waals surface area contributed by atoms with Crippen LogP contribution in [0, 0.1) is 23.2 Å². The van der Waals surface area contributed by atoms with Gasteiger partial charge in [0.05, 0.1) is 30.0 Å². The van der Waals surface area contributed by atoms with Crippen LogP contribution in [0.4, 0.5) is 21.9 Å². The number of hydrogen-bond acceptors (Lipinski definition) is 15. The lowest BCUT2D eigenvalue weighted by molar-refractivity contribution is -0.271. The molecule has 0 radical (unpaired) electrons. The smallest absolute Gasteiger partial charge is 0.411 e. The number of rotatable bonds is 25. The van der Waals surface area contributed by atoms with Crippen LogP contribution in [0.5, 0.6) is 5.75 Å². The van der Waals surface area contributed by atoms with Gasteiger partial charge in [-0.25, -0.2) is 14.4 Å². The number of likely N-dealkylation sites (N-methyl/N-ethyl adjacent to an activating group) is 2. The fraction of sp³-hybridized carbons (Fsp3) is 0.446. The van der Waals surface area contributed by atoms with Crippen molar-refractivity contribution in [2.75, 3.05) is 36.2 Å². The molecule has 0 saturated carbocycles. The summed E-state index contributed by atoms with van der Waals surface area (Å²) in [6.45, 7) is 14.1. The molecule has 1 fully saturated rings. The maximum absolute atomic E-state index is 14.3. The highest BCUT2D eigenvalue weighted by molar-refractivity contribution is 5.96. The van der Waals surface area contributed by atoms with Gasteiger partial charge in [-0.05, 0) is 97.3 Å². The zero-order valence-electron chi connectivity index (χ0n) is 51.2. The molecule has 4 aromatic rings. The predicted octanol–water partition coefficient (Wildman–Crippen LogP) is 5.57. The molecular weight excluding hydrogens is 1130 g/mol. The number of aliphatic hydroxyl groups is 3. The summed E-state index contributed by atoms with van der Waals surface area (Å²) in [5, 5.41) is 64.8. The molecule has 6 amide bonds. The van der Waals surface area contributed by atoms with E-state index in [1.165, 1.54) is 36.1 Å². The van der Waals surface area contributed by atoms with Gasteiger partial charge >= 0.3 is 18.0 Å². The molecule has 2 heterocycles. The third kappa shape index (κ3) is 17.8.